The Morgan fingerprint density at radius 1 is 1.33 bits per heavy atom. The van der Waals surface area contributed by atoms with E-state index in [0.29, 0.717) is 6.61 Å². The number of carbonyl (C=O) groups excluding carboxylic acids is 1. The van der Waals surface area contributed by atoms with Gasteiger partial charge in [0.2, 0.25) is 5.91 Å². The van der Waals surface area contributed by atoms with Crippen LogP contribution in [0.5, 0.6) is 0 Å². The smallest absolute Gasteiger partial charge is 0.242 e. The summed E-state index contributed by atoms with van der Waals surface area (Å²) in [6.45, 7) is 8.68. The second kappa shape index (κ2) is 8.03. The lowest BCUT2D eigenvalue weighted by Gasteiger charge is -2.27. The van der Waals surface area contributed by atoms with Gasteiger partial charge in [-0.25, -0.2) is 0 Å². The van der Waals surface area contributed by atoms with Crippen molar-refractivity contribution in [3.8, 4) is 0 Å². The van der Waals surface area contributed by atoms with Crippen molar-refractivity contribution in [2.24, 2.45) is 0 Å². The number of nitrogens with one attached hydrogen (secondary N) is 2. The van der Waals surface area contributed by atoms with Gasteiger partial charge in [-0.05, 0) is 45.2 Å². The van der Waals surface area contributed by atoms with Crippen LogP contribution < -0.4 is 10.6 Å². The van der Waals surface area contributed by atoms with Crippen molar-refractivity contribution >= 4 is 11.6 Å². The van der Waals surface area contributed by atoms with Crippen LogP contribution in [-0.2, 0) is 16.0 Å². The monoisotopic (exact) mass is 292 g/mol. The highest BCUT2D eigenvalue weighted by Gasteiger charge is 2.22. The molecule has 0 spiro atoms. The minimum atomic E-state index is -0.278. The zero-order valence-corrected chi connectivity index (χ0v) is 13.8. The lowest BCUT2D eigenvalue weighted by molar-refractivity contribution is -0.123. The van der Waals surface area contributed by atoms with Crippen molar-refractivity contribution in [1.29, 1.82) is 0 Å². The minimum Gasteiger partial charge on any atom is -0.384 e. The Morgan fingerprint density at radius 3 is 2.62 bits per heavy atom. The average Bonchev–Trinajstić information content (AvgIpc) is 2.45. The number of rotatable bonds is 8. The fourth-order valence-corrected chi connectivity index (χ4v) is 1.92. The average molecular weight is 292 g/mol. The Hall–Kier alpha value is -1.55. The molecule has 1 amide bonds. The summed E-state index contributed by atoms with van der Waals surface area (Å²) in [4.78, 5) is 12.2. The molecular formula is C17H28N2O2. The molecule has 0 fully saturated rings. The quantitative estimate of drug-likeness (QED) is 0.774. The highest BCUT2D eigenvalue weighted by molar-refractivity contribution is 5.85. The molecule has 0 saturated heterocycles. The maximum atomic E-state index is 12.2. The molecular weight excluding hydrogens is 264 g/mol. The van der Waals surface area contributed by atoms with Gasteiger partial charge in [0.25, 0.3) is 0 Å². The molecule has 0 saturated carbocycles. The number of para-hydroxylation sites is 1. The van der Waals surface area contributed by atoms with Crippen LogP contribution in [0.15, 0.2) is 24.3 Å². The van der Waals surface area contributed by atoms with Crippen LogP contribution in [0.4, 0.5) is 5.69 Å². The summed E-state index contributed by atoms with van der Waals surface area (Å²) >= 11 is 0. The second-order valence-corrected chi connectivity index (χ2v) is 5.99. The van der Waals surface area contributed by atoms with Crippen molar-refractivity contribution in [3.63, 3.8) is 0 Å². The van der Waals surface area contributed by atoms with E-state index in [2.05, 4.69) is 23.6 Å². The maximum Gasteiger partial charge on any atom is 0.242 e. The highest BCUT2D eigenvalue weighted by atomic mass is 16.5. The molecule has 21 heavy (non-hydrogen) atoms. The van der Waals surface area contributed by atoms with Gasteiger partial charge in [-0.15, -0.1) is 0 Å². The number of carbonyl (C=O) groups is 1. The second-order valence-electron chi connectivity index (χ2n) is 5.99. The fraction of sp³-hybridized carbons (Fsp3) is 0.588. The number of amides is 1. The van der Waals surface area contributed by atoms with Crippen molar-refractivity contribution in [2.45, 2.75) is 52.1 Å². The number of anilines is 1. The number of ether oxygens (including phenoxy) is 1. The standard InChI is InChI=1S/C17H28N2O2/c1-6-17(3,4)19-16(20)13(2)18-15-10-8-7-9-14(15)11-12-21-5/h7-10,13,18H,6,11-12H2,1-5H3,(H,19,20). The van der Waals surface area contributed by atoms with E-state index < -0.39 is 0 Å². The van der Waals surface area contributed by atoms with Crippen molar-refractivity contribution in [3.05, 3.63) is 29.8 Å². The first-order valence-electron chi connectivity index (χ1n) is 7.55. The molecule has 2 N–H and O–H groups in total. The summed E-state index contributed by atoms with van der Waals surface area (Å²) < 4.78 is 5.13. The first-order valence-corrected chi connectivity index (χ1v) is 7.55. The Labute approximate surface area is 128 Å². The summed E-state index contributed by atoms with van der Waals surface area (Å²) in [6, 6.07) is 7.75. The Kier molecular flexibility index (Phi) is 6.69. The molecule has 0 aromatic heterocycles. The molecule has 0 heterocycles. The van der Waals surface area contributed by atoms with Gasteiger partial charge < -0.3 is 15.4 Å². The van der Waals surface area contributed by atoms with Gasteiger partial charge in [0.1, 0.15) is 6.04 Å². The molecule has 1 rings (SSSR count). The van der Waals surface area contributed by atoms with Gasteiger partial charge in [-0.3, -0.25) is 4.79 Å². The van der Waals surface area contributed by atoms with E-state index >= 15 is 0 Å². The number of methoxy groups -OCH3 is 1. The highest BCUT2D eigenvalue weighted by Crippen LogP contribution is 2.17. The van der Waals surface area contributed by atoms with E-state index in [4.69, 9.17) is 4.74 Å². The van der Waals surface area contributed by atoms with E-state index in [0.717, 1.165) is 24.1 Å². The molecule has 1 aromatic rings. The van der Waals surface area contributed by atoms with Crippen molar-refractivity contribution in [1.82, 2.24) is 5.32 Å². The SMILES string of the molecule is CCC(C)(C)NC(=O)C(C)Nc1ccccc1CCOC. The van der Waals surface area contributed by atoms with Crippen LogP contribution in [-0.4, -0.2) is 31.2 Å². The molecule has 0 aliphatic heterocycles. The van der Waals surface area contributed by atoms with Gasteiger partial charge >= 0.3 is 0 Å². The first kappa shape index (κ1) is 17.5. The molecule has 1 atom stereocenters. The lowest BCUT2D eigenvalue weighted by Crippen LogP contribution is -2.48. The number of hydrogen-bond donors (Lipinski definition) is 2. The molecule has 1 aromatic carbocycles. The topological polar surface area (TPSA) is 50.4 Å². The predicted molar refractivity (Wildman–Crippen MR) is 87.6 cm³/mol. The number of benzene rings is 1. The minimum absolute atomic E-state index is 0.0170. The van der Waals surface area contributed by atoms with E-state index in [1.807, 2.05) is 39.0 Å². The fourth-order valence-electron chi connectivity index (χ4n) is 1.92. The zero-order valence-electron chi connectivity index (χ0n) is 13.8. The van der Waals surface area contributed by atoms with E-state index in [9.17, 15) is 4.79 Å². The van der Waals surface area contributed by atoms with Gasteiger partial charge in [0.15, 0.2) is 0 Å². The van der Waals surface area contributed by atoms with Crippen LogP contribution in [0.1, 0.15) is 39.7 Å². The Bertz CT molecular complexity index is 458. The molecule has 4 nitrogen and oxygen atoms in total. The molecule has 118 valence electrons. The third-order valence-electron chi connectivity index (χ3n) is 3.70. The van der Waals surface area contributed by atoms with E-state index in [-0.39, 0.29) is 17.5 Å². The third kappa shape index (κ3) is 5.76. The zero-order chi connectivity index (χ0) is 15.9. The largest absolute Gasteiger partial charge is 0.384 e. The molecule has 0 radical (unpaired) electrons. The summed E-state index contributed by atoms with van der Waals surface area (Å²) in [5.41, 5.74) is 1.98. The lowest BCUT2D eigenvalue weighted by atomic mass is 10.0. The van der Waals surface area contributed by atoms with Crippen molar-refractivity contribution < 1.29 is 9.53 Å². The summed E-state index contributed by atoms with van der Waals surface area (Å²) in [5, 5.41) is 6.36. The predicted octanol–water partition coefficient (Wildman–Crippen LogP) is 2.98. The molecule has 4 heteroatoms. The molecule has 0 aliphatic carbocycles. The Morgan fingerprint density at radius 2 is 2.00 bits per heavy atom. The molecule has 0 bridgehead atoms. The van der Waals surface area contributed by atoms with E-state index in [1.165, 1.54) is 0 Å². The maximum absolute atomic E-state index is 12.2. The van der Waals surface area contributed by atoms with Crippen LogP contribution in [0.25, 0.3) is 0 Å². The summed E-state index contributed by atoms with van der Waals surface area (Å²) in [5.74, 6) is 0.0170. The van der Waals surface area contributed by atoms with Crippen LogP contribution in [0.2, 0.25) is 0 Å². The summed E-state index contributed by atoms with van der Waals surface area (Å²) in [6.07, 6.45) is 1.73. The van der Waals surface area contributed by atoms with Crippen molar-refractivity contribution in [2.75, 3.05) is 19.0 Å². The Balaban J connectivity index is 2.70. The van der Waals surface area contributed by atoms with Crippen LogP contribution in [0, 0.1) is 0 Å². The van der Waals surface area contributed by atoms with Gasteiger partial charge in [-0.1, -0.05) is 25.1 Å². The van der Waals surface area contributed by atoms with Gasteiger partial charge in [0.05, 0.1) is 6.61 Å². The van der Waals surface area contributed by atoms with Gasteiger partial charge in [0, 0.05) is 18.3 Å². The molecule has 1 unspecified atom stereocenters. The van der Waals surface area contributed by atoms with E-state index in [1.54, 1.807) is 7.11 Å². The summed E-state index contributed by atoms with van der Waals surface area (Å²) in [7, 11) is 1.69. The normalized spacial score (nSPS) is 12.8. The third-order valence-corrected chi connectivity index (χ3v) is 3.70. The van der Waals surface area contributed by atoms with Gasteiger partial charge in [-0.2, -0.15) is 0 Å². The number of hydrogen-bond acceptors (Lipinski definition) is 3. The molecule has 0 aliphatic rings. The first-order chi connectivity index (χ1) is 9.89. The van der Waals surface area contributed by atoms with Crippen LogP contribution in [0.3, 0.4) is 0 Å². The van der Waals surface area contributed by atoms with Crippen LogP contribution >= 0.6 is 0 Å².